The fourth-order valence-corrected chi connectivity index (χ4v) is 1.84. The molecular weight excluding hydrogens is 228 g/mol. The van der Waals surface area contributed by atoms with Crippen LogP contribution < -0.4 is 0 Å². The molecule has 0 aliphatic carbocycles. The first kappa shape index (κ1) is 13.9. The summed E-state index contributed by atoms with van der Waals surface area (Å²) < 4.78 is 9.75. The Hall–Kier alpha value is -2.20. The fraction of sp³-hybridized carbons (Fsp3) is 0.429. The van der Waals surface area contributed by atoms with Gasteiger partial charge in [-0.25, -0.2) is 0 Å². The third-order valence-corrected chi connectivity index (χ3v) is 2.64. The van der Waals surface area contributed by atoms with Gasteiger partial charge in [-0.05, 0) is 25.0 Å². The number of rotatable bonds is 6. The van der Waals surface area contributed by atoms with Crippen LogP contribution in [0.4, 0.5) is 0 Å². The Balaban J connectivity index is 2.74. The molecule has 1 rings (SSSR count). The van der Waals surface area contributed by atoms with Gasteiger partial charge in [-0.2, -0.15) is 10.5 Å². The SMILES string of the molecule is CC(Cc1ccccc1CC(C)OC#N)OC#N. The van der Waals surface area contributed by atoms with Gasteiger partial charge < -0.3 is 9.47 Å². The normalized spacial score (nSPS) is 12.9. The maximum absolute atomic E-state index is 8.47. The van der Waals surface area contributed by atoms with Crippen LogP contribution in [0.5, 0.6) is 0 Å². The second-order valence-electron chi connectivity index (χ2n) is 4.22. The van der Waals surface area contributed by atoms with Crippen LogP contribution in [0, 0.1) is 23.0 Å². The molecular formula is C14H16N2O2. The topological polar surface area (TPSA) is 66.0 Å². The Kier molecular flexibility index (Phi) is 5.54. The van der Waals surface area contributed by atoms with Gasteiger partial charge in [-0.3, -0.25) is 0 Å². The van der Waals surface area contributed by atoms with E-state index < -0.39 is 0 Å². The monoisotopic (exact) mass is 244 g/mol. The minimum atomic E-state index is -0.150. The summed E-state index contributed by atoms with van der Waals surface area (Å²) in [4.78, 5) is 0. The van der Waals surface area contributed by atoms with Crippen molar-refractivity contribution < 1.29 is 9.47 Å². The van der Waals surface area contributed by atoms with Crippen LogP contribution in [0.2, 0.25) is 0 Å². The summed E-state index contributed by atoms with van der Waals surface area (Å²) in [7, 11) is 0. The van der Waals surface area contributed by atoms with Crippen molar-refractivity contribution in [2.45, 2.75) is 38.9 Å². The Morgan fingerprint density at radius 2 is 1.33 bits per heavy atom. The van der Waals surface area contributed by atoms with E-state index in [-0.39, 0.29) is 12.2 Å². The van der Waals surface area contributed by atoms with Crippen LogP contribution in [-0.4, -0.2) is 12.2 Å². The average molecular weight is 244 g/mol. The quantitative estimate of drug-likeness (QED) is 0.721. The summed E-state index contributed by atoms with van der Waals surface area (Å²) in [6.45, 7) is 3.71. The third-order valence-electron chi connectivity index (χ3n) is 2.64. The van der Waals surface area contributed by atoms with Crippen LogP contribution >= 0.6 is 0 Å². The number of nitrogens with zero attached hydrogens (tertiary/aromatic N) is 2. The predicted molar refractivity (Wildman–Crippen MR) is 66.2 cm³/mol. The minimum Gasteiger partial charge on any atom is -0.424 e. The highest BCUT2D eigenvalue weighted by Crippen LogP contribution is 2.15. The first-order valence-corrected chi connectivity index (χ1v) is 5.83. The highest BCUT2D eigenvalue weighted by atomic mass is 16.5. The van der Waals surface area contributed by atoms with E-state index in [1.54, 1.807) is 12.5 Å². The van der Waals surface area contributed by atoms with Crippen molar-refractivity contribution in [3.8, 4) is 12.5 Å². The van der Waals surface area contributed by atoms with E-state index in [0.29, 0.717) is 12.8 Å². The molecule has 0 fully saturated rings. The second-order valence-corrected chi connectivity index (χ2v) is 4.22. The standard InChI is InChI=1S/C14H16N2O2/c1-11(17-9-15)7-13-5-3-4-6-14(13)8-12(2)18-10-16/h3-6,11-12H,7-8H2,1-2H3. The van der Waals surface area contributed by atoms with Gasteiger partial charge in [0.2, 0.25) is 0 Å². The highest BCUT2D eigenvalue weighted by Gasteiger charge is 2.11. The second kappa shape index (κ2) is 7.19. The maximum Gasteiger partial charge on any atom is 0.286 e. The van der Waals surface area contributed by atoms with Crippen molar-refractivity contribution in [1.82, 2.24) is 0 Å². The van der Waals surface area contributed by atoms with Crippen LogP contribution in [0.1, 0.15) is 25.0 Å². The van der Waals surface area contributed by atoms with Crippen molar-refractivity contribution >= 4 is 0 Å². The smallest absolute Gasteiger partial charge is 0.286 e. The van der Waals surface area contributed by atoms with Gasteiger partial charge in [-0.15, -0.1) is 0 Å². The highest BCUT2D eigenvalue weighted by molar-refractivity contribution is 5.28. The lowest BCUT2D eigenvalue weighted by Crippen LogP contribution is -2.14. The summed E-state index contributed by atoms with van der Waals surface area (Å²) in [5.74, 6) is 0. The molecule has 0 N–H and O–H groups in total. The van der Waals surface area contributed by atoms with Gasteiger partial charge >= 0.3 is 0 Å². The predicted octanol–water partition coefficient (Wildman–Crippen LogP) is 2.54. The minimum absolute atomic E-state index is 0.150. The average Bonchev–Trinajstić information content (AvgIpc) is 2.32. The summed E-state index contributed by atoms with van der Waals surface area (Å²) in [6, 6.07) is 7.92. The molecule has 0 heterocycles. The van der Waals surface area contributed by atoms with Gasteiger partial charge in [-0.1, -0.05) is 24.3 Å². The molecule has 1 aromatic carbocycles. The first-order chi connectivity index (χ1) is 8.67. The van der Waals surface area contributed by atoms with Crippen molar-refractivity contribution in [3.63, 3.8) is 0 Å². The summed E-state index contributed by atoms with van der Waals surface area (Å²) in [5.41, 5.74) is 2.24. The van der Waals surface area contributed by atoms with Crippen molar-refractivity contribution in [2.24, 2.45) is 0 Å². The number of hydrogen-bond acceptors (Lipinski definition) is 4. The zero-order chi connectivity index (χ0) is 13.4. The van der Waals surface area contributed by atoms with E-state index in [4.69, 9.17) is 20.0 Å². The van der Waals surface area contributed by atoms with Gasteiger partial charge in [0.1, 0.15) is 12.2 Å². The first-order valence-electron chi connectivity index (χ1n) is 5.83. The lowest BCUT2D eigenvalue weighted by Gasteiger charge is -2.14. The van der Waals surface area contributed by atoms with E-state index in [0.717, 1.165) is 11.1 Å². The van der Waals surface area contributed by atoms with Crippen molar-refractivity contribution in [3.05, 3.63) is 35.4 Å². The van der Waals surface area contributed by atoms with Crippen LogP contribution in [-0.2, 0) is 22.3 Å². The molecule has 94 valence electrons. The summed E-state index contributed by atoms with van der Waals surface area (Å²) in [6.07, 6.45) is 4.44. The van der Waals surface area contributed by atoms with E-state index >= 15 is 0 Å². The molecule has 0 spiro atoms. The molecule has 1 aromatic rings. The lowest BCUT2D eigenvalue weighted by atomic mass is 9.98. The molecule has 0 aliphatic heterocycles. The number of hydrogen-bond donors (Lipinski definition) is 0. The third kappa shape index (κ3) is 4.35. The van der Waals surface area contributed by atoms with E-state index in [1.165, 1.54) is 0 Å². The maximum atomic E-state index is 8.47. The van der Waals surface area contributed by atoms with E-state index in [9.17, 15) is 0 Å². The molecule has 18 heavy (non-hydrogen) atoms. The van der Waals surface area contributed by atoms with E-state index in [2.05, 4.69) is 0 Å². The lowest BCUT2D eigenvalue weighted by molar-refractivity contribution is 0.174. The molecule has 0 radical (unpaired) electrons. The molecule has 4 nitrogen and oxygen atoms in total. The Bertz CT molecular complexity index is 417. The molecule has 2 atom stereocenters. The number of nitriles is 2. The molecule has 0 saturated heterocycles. The number of ether oxygens (including phenoxy) is 2. The molecule has 0 bridgehead atoms. The van der Waals surface area contributed by atoms with E-state index in [1.807, 2.05) is 38.1 Å². The van der Waals surface area contributed by atoms with Gasteiger partial charge in [0.15, 0.2) is 0 Å². The largest absolute Gasteiger partial charge is 0.424 e. The van der Waals surface area contributed by atoms with Gasteiger partial charge in [0, 0.05) is 12.8 Å². The molecule has 0 saturated carbocycles. The summed E-state index contributed by atoms with van der Waals surface area (Å²) >= 11 is 0. The van der Waals surface area contributed by atoms with Crippen LogP contribution in [0.3, 0.4) is 0 Å². The van der Waals surface area contributed by atoms with Crippen LogP contribution in [0.15, 0.2) is 24.3 Å². The zero-order valence-electron chi connectivity index (χ0n) is 10.6. The molecule has 0 aliphatic rings. The van der Waals surface area contributed by atoms with Gasteiger partial charge in [0.05, 0.1) is 0 Å². The molecule has 4 heteroatoms. The molecule has 2 unspecified atom stereocenters. The molecule has 0 aromatic heterocycles. The Morgan fingerprint density at radius 3 is 1.67 bits per heavy atom. The number of benzene rings is 1. The Labute approximate surface area is 107 Å². The fourth-order valence-electron chi connectivity index (χ4n) is 1.84. The van der Waals surface area contributed by atoms with Gasteiger partial charge in [0.25, 0.3) is 12.5 Å². The van der Waals surface area contributed by atoms with Crippen LogP contribution in [0.25, 0.3) is 0 Å². The molecule has 0 amide bonds. The zero-order valence-corrected chi connectivity index (χ0v) is 10.6. The summed E-state index contributed by atoms with van der Waals surface area (Å²) in [5, 5.41) is 16.9. The van der Waals surface area contributed by atoms with Crippen molar-refractivity contribution in [1.29, 1.82) is 10.5 Å². The van der Waals surface area contributed by atoms with Crippen molar-refractivity contribution in [2.75, 3.05) is 0 Å². The Morgan fingerprint density at radius 1 is 0.944 bits per heavy atom.